The Labute approximate surface area is 131 Å². The van der Waals surface area contributed by atoms with Crippen LogP contribution in [0, 0.1) is 16.7 Å². The molecule has 3 aliphatic carbocycles. The van der Waals surface area contributed by atoms with Crippen LogP contribution in [0.25, 0.3) is 0 Å². The average Bonchev–Trinajstić information content (AvgIpc) is 2.79. The van der Waals surface area contributed by atoms with Gasteiger partial charge in [0.2, 0.25) is 5.91 Å². The second-order valence-corrected chi connectivity index (χ2v) is 7.99. The van der Waals surface area contributed by atoms with Gasteiger partial charge in [0.15, 0.2) is 0 Å². The van der Waals surface area contributed by atoms with Crippen LogP contribution in [0.1, 0.15) is 40.0 Å². The predicted molar refractivity (Wildman–Crippen MR) is 85.7 cm³/mol. The standard InChI is InChI=1S/C19H23NO2/c1-17-9-4-5-13(17)12-6-7-14-18(2,10-8-15(21)20-14)16(12)19(3,22)11-17/h4-7,9,16,22H,8,10-11H2,1-3H3,(H,20,21). The molecule has 0 aromatic heterocycles. The van der Waals surface area contributed by atoms with Crippen molar-refractivity contribution in [2.75, 3.05) is 0 Å². The van der Waals surface area contributed by atoms with E-state index in [1.807, 2.05) is 13.0 Å². The number of carbonyl (C=O) groups excluding carboxylic acids is 1. The zero-order chi connectivity index (χ0) is 15.8. The fraction of sp³-hybridized carbons (Fsp3) is 0.526. The molecule has 116 valence electrons. The molecule has 0 radical (unpaired) electrons. The van der Waals surface area contributed by atoms with Crippen LogP contribution < -0.4 is 5.32 Å². The summed E-state index contributed by atoms with van der Waals surface area (Å²) < 4.78 is 0. The molecular weight excluding hydrogens is 274 g/mol. The minimum atomic E-state index is -0.789. The maximum atomic E-state index is 11.8. The van der Waals surface area contributed by atoms with Gasteiger partial charge in [0, 0.05) is 28.9 Å². The molecule has 1 aliphatic heterocycles. The van der Waals surface area contributed by atoms with Crippen molar-refractivity contribution in [3.63, 3.8) is 0 Å². The minimum absolute atomic E-state index is 0.0276. The van der Waals surface area contributed by atoms with E-state index in [0.717, 1.165) is 18.5 Å². The lowest BCUT2D eigenvalue weighted by Gasteiger charge is -2.57. The first-order valence-corrected chi connectivity index (χ1v) is 8.11. The molecule has 1 heterocycles. The van der Waals surface area contributed by atoms with Gasteiger partial charge in [0.25, 0.3) is 0 Å². The van der Waals surface area contributed by atoms with Gasteiger partial charge in [-0.05, 0) is 37.0 Å². The summed E-state index contributed by atoms with van der Waals surface area (Å²) in [5.41, 5.74) is 2.47. The Balaban J connectivity index is 1.89. The van der Waals surface area contributed by atoms with Crippen molar-refractivity contribution >= 4 is 5.91 Å². The van der Waals surface area contributed by atoms with Crippen molar-refractivity contribution in [3.05, 3.63) is 47.2 Å². The van der Waals surface area contributed by atoms with Crippen molar-refractivity contribution in [3.8, 4) is 0 Å². The molecular formula is C19H23NO2. The van der Waals surface area contributed by atoms with E-state index in [1.165, 1.54) is 11.1 Å². The molecule has 4 atom stereocenters. The van der Waals surface area contributed by atoms with Gasteiger partial charge in [-0.25, -0.2) is 0 Å². The topological polar surface area (TPSA) is 49.3 Å². The Hall–Kier alpha value is -1.61. The van der Waals surface area contributed by atoms with Gasteiger partial charge in [0.1, 0.15) is 0 Å². The van der Waals surface area contributed by atoms with Crippen LogP contribution in [0.2, 0.25) is 0 Å². The predicted octanol–water partition coefficient (Wildman–Crippen LogP) is 3.00. The van der Waals surface area contributed by atoms with Crippen molar-refractivity contribution < 1.29 is 9.90 Å². The number of allylic oxidation sites excluding steroid dienone is 7. The van der Waals surface area contributed by atoms with Crippen LogP contribution in [0.4, 0.5) is 0 Å². The molecule has 0 spiro atoms. The third-order valence-corrected chi connectivity index (χ3v) is 6.14. The van der Waals surface area contributed by atoms with E-state index in [0.29, 0.717) is 6.42 Å². The molecule has 0 aromatic carbocycles. The average molecular weight is 297 g/mol. The quantitative estimate of drug-likeness (QED) is 0.722. The second kappa shape index (κ2) is 4.02. The highest BCUT2D eigenvalue weighted by molar-refractivity contribution is 5.80. The summed E-state index contributed by atoms with van der Waals surface area (Å²) in [6.45, 7) is 6.36. The monoisotopic (exact) mass is 297 g/mol. The normalized spacial score (nSPS) is 45.9. The van der Waals surface area contributed by atoms with Crippen LogP contribution in [0.3, 0.4) is 0 Å². The van der Waals surface area contributed by atoms with Gasteiger partial charge in [-0.1, -0.05) is 38.2 Å². The van der Waals surface area contributed by atoms with Crippen LogP contribution in [0.15, 0.2) is 47.2 Å². The van der Waals surface area contributed by atoms with Crippen molar-refractivity contribution in [1.29, 1.82) is 0 Å². The Bertz CT molecular complexity index is 694. The third-order valence-electron chi connectivity index (χ3n) is 6.14. The highest BCUT2D eigenvalue weighted by atomic mass is 16.3. The van der Waals surface area contributed by atoms with Crippen LogP contribution in [-0.2, 0) is 4.79 Å². The SMILES string of the molecule is CC12C=CC=C1C1=CC=C3NC(=O)CCC3(C)C1C(C)(O)C2. The number of carbonyl (C=O) groups is 1. The maximum absolute atomic E-state index is 11.8. The summed E-state index contributed by atoms with van der Waals surface area (Å²) in [7, 11) is 0. The Morgan fingerprint density at radius 1 is 1.23 bits per heavy atom. The lowest BCUT2D eigenvalue weighted by Crippen LogP contribution is -2.57. The van der Waals surface area contributed by atoms with Crippen molar-refractivity contribution in [1.82, 2.24) is 5.32 Å². The molecule has 2 fully saturated rings. The molecule has 4 aliphatic rings. The first-order valence-electron chi connectivity index (χ1n) is 8.11. The largest absolute Gasteiger partial charge is 0.389 e. The Kier molecular flexibility index (Phi) is 2.56. The van der Waals surface area contributed by atoms with Gasteiger partial charge >= 0.3 is 0 Å². The number of aliphatic hydroxyl groups is 1. The molecule has 1 amide bonds. The first kappa shape index (κ1) is 14.0. The number of piperidine rings is 1. The summed E-state index contributed by atoms with van der Waals surface area (Å²) in [4.78, 5) is 11.8. The number of rotatable bonds is 0. The van der Waals surface area contributed by atoms with E-state index in [2.05, 4.69) is 43.5 Å². The summed E-state index contributed by atoms with van der Waals surface area (Å²) in [5, 5.41) is 14.3. The van der Waals surface area contributed by atoms with E-state index in [4.69, 9.17) is 0 Å². The molecule has 1 saturated heterocycles. The zero-order valence-corrected chi connectivity index (χ0v) is 13.4. The fourth-order valence-corrected chi connectivity index (χ4v) is 5.34. The molecule has 1 saturated carbocycles. The summed E-state index contributed by atoms with van der Waals surface area (Å²) in [5.74, 6) is 0.113. The Morgan fingerprint density at radius 2 is 2.00 bits per heavy atom. The van der Waals surface area contributed by atoms with Gasteiger partial charge in [-0.15, -0.1) is 0 Å². The van der Waals surface area contributed by atoms with Gasteiger partial charge < -0.3 is 10.4 Å². The highest BCUT2D eigenvalue weighted by Crippen LogP contribution is 2.62. The number of nitrogens with one attached hydrogen (secondary N) is 1. The zero-order valence-electron chi connectivity index (χ0n) is 13.4. The lowest BCUT2D eigenvalue weighted by atomic mass is 9.50. The van der Waals surface area contributed by atoms with Crippen molar-refractivity contribution in [2.45, 2.75) is 45.6 Å². The third kappa shape index (κ3) is 1.63. The molecule has 0 aromatic rings. The lowest BCUT2D eigenvalue weighted by molar-refractivity contribution is -0.125. The molecule has 0 bridgehead atoms. The number of fused-ring (bicyclic) bond motifs is 5. The molecule has 22 heavy (non-hydrogen) atoms. The molecule has 4 unspecified atom stereocenters. The van der Waals surface area contributed by atoms with E-state index in [1.54, 1.807) is 0 Å². The van der Waals surface area contributed by atoms with E-state index in [-0.39, 0.29) is 22.7 Å². The van der Waals surface area contributed by atoms with Crippen molar-refractivity contribution in [2.24, 2.45) is 16.7 Å². The number of hydrogen-bond acceptors (Lipinski definition) is 2. The summed E-state index contributed by atoms with van der Waals surface area (Å²) in [6, 6.07) is 0. The van der Waals surface area contributed by atoms with E-state index < -0.39 is 5.60 Å². The highest BCUT2D eigenvalue weighted by Gasteiger charge is 2.58. The van der Waals surface area contributed by atoms with Gasteiger partial charge in [0.05, 0.1) is 5.60 Å². The fourth-order valence-electron chi connectivity index (χ4n) is 5.34. The smallest absolute Gasteiger partial charge is 0.224 e. The Morgan fingerprint density at radius 3 is 2.77 bits per heavy atom. The second-order valence-electron chi connectivity index (χ2n) is 7.99. The van der Waals surface area contributed by atoms with E-state index in [9.17, 15) is 9.90 Å². The summed E-state index contributed by atoms with van der Waals surface area (Å²) >= 11 is 0. The van der Waals surface area contributed by atoms with Crippen LogP contribution >= 0.6 is 0 Å². The minimum Gasteiger partial charge on any atom is -0.389 e. The molecule has 3 heteroatoms. The van der Waals surface area contributed by atoms with Gasteiger partial charge in [-0.2, -0.15) is 0 Å². The first-order chi connectivity index (χ1) is 10.3. The molecule has 2 N–H and O–H groups in total. The summed E-state index contributed by atoms with van der Waals surface area (Å²) in [6.07, 6.45) is 12.7. The van der Waals surface area contributed by atoms with E-state index >= 15 is 0 Å². The van der Waals surface area contributed by atoms with Crippen LogP contribution in [-0.4, -0.2) is 16.6 Å². The number of hydrogen-bond donors (Lipinski definition) is 2. The molecule has 3 nitrogen and oxygen atoms in total. The number of amides is 1. The van der Waals surface area contributed by atoms with Gasteiger partial charge in [-0.3, -0.25) is 4.79 Å². The molecule has 4 rings (SSSR count). The van der Waals surface area contributed by atoms with Crippen LogP contribution in [0.5, 0.6) is 0 Å². The maximum Gasteiger partial charge on any atom is 0.224 e.